The summed E-state index contributed by atoms with van der Waals surface area (Å²) in [5.74, 6) is 2.17. The van der Waals surface area contributed by atoms with Gasteiger partial charge in [0.1, 0.15) is 0 Å². The van der Waals surface area contributed by atoms with E-state index in [9.17, 15) is 4.79 Å². The lowest BCUT2D eigenvalue weighted by atomic mass is 9.72. The van der Waals surface area contributed by atoms with Crippen LogP contribution in [0.5, 0.6) is 0 Å². The van der Waals surface area contributed by atoms with Gasteiger partial charge in [0, 0.05) is 49.1 Å². The SMILES string of the molecule is CC(C)C(=O)N1CC2(C1)CN(c1nnc3n1-c1ccc(Cl)cc1CN(C)C3)C2. The van der Waals surface area contributed by atoms with Crippen molar-refractivity contribution in [2.75, 3.05) is 38.1 Å². The Balaban J connectivity index is 1.39. The van der Waals surface area contributed by atoms with Crippen molar-refractivity contribution in [3.63, 3.8) is 0 Å². The number of likely N-dealkylation sites (tertiary alicyclic amines) is 1. The third kappa shape index (κ3) is 2.71. The zero-order valence-electron chi connectivity index (χ0n) is 16.5. The number of aromatic nitrogens is 3. The lowest BCUT2D eigenvalue weighted by Crippen LogP contribution is -2.73. The van der Waals surface area contributed by atoms with E-state index in [1.54, 1.807) is 0 Å². The molecule has 0 radical (unpaired) electrons. The predicted octanol–water partition coefficient (Wildman–Crippen LogP) is 2.17. The minimum atomic E-state index is 0.0705. The summed E-state index contributed by atoms with van der Waals surface area (Å²) in [6.45, 7) is 9.06. The van der Waals surface area contributed by atoms with E-state index in [1.165, 1.54) is 5.56 Å². The summed E-state index contributed by atoms with van der Waals surface area (Å²) < 4.78 is 2.18. The zero-order chi connectivity index (χ0) is 19.6. The van der Waals surface area contributed by atoms with Gasteiger partial charge in [-0.2, -0.15) is 0 Å². The summed E-state index contributed by atoms with van der Waals surface area (Å²) in [7, 11) is 2.09. The van der Waals surface area contributed by atoms with Gasteiger partial charge in [-0.25, -0.2) is 0 Å². The maximum atomic E-state index is 12.2. The molecule has 0 unspecified atom stereocenters. The fraction of sp³-hybridized carbons (Fsp3) is 0.550. The first-order valence-electron chi connectivity index (χ1n) is 9.81. The molecule has 0 aliphatic carbocycles. The fourth-order valence-electron chi connectivity index (χ4n) is 4.74. The van der Waals surface area contributed by atoms with Crippen molar-refractivity contribution in [3.8, 4) is 5.69 Å². The Labute approximate surface area is 169 Å². The Bertz CT molecular complexity index is 940. The number of anilines is 1. The molecule has 8 heteroatoms. The lowest BCUT2D eigenvalue weighted by molar-refractivity contribution is -0.148. The van der Waals surface area contributed by atoms with E-state index in [1.807, 2.05) is 30.9 Å². The third-order valence-electron chi connectivity index (χ3n) is 6.04. The summed E-state index contributed by atoms with van der Waals surface area (Å²) in [5.41, 5.74) is 2.51. The second-order valence-corrected chi connectivity index (χ2v) is 9.34. The van der Waals surface area contributed by atoms with Gasteiger partial charge in [-0.15, -0.1) is 10.2 Å². The maximum absolute atomic E-state index is 12.2. The van der Waals surface area contributed by atoms with Crippen LogP contribution in [0.15, 0.2) is 18.2 Å². The smallest absolute Gasteiger partial charge is 0.231 e. The Morgan fingerprint density at radius 1 is 1.14 bits per heavy atom. The average Bonchev–Trinajstić information content (AvgIpc) is 2.89. The molecule has 2 fully saturated rings. The van der Waals surface area contributed by atoms with Crippen molar-refractivity contribution in [3.05, 3.63) is 34.6 Å². The first-order chi connectivity index (χ1) is 13.3. The molecule has 3 aliphatic heterocycles. The van der Waals surface area contributed by atoms with Crippen LogP contribution in [0, 0.1) is 11.3 Å². The van der Waals surface area contributed by atoms with Crippen LogP contribution in [0.4, 0.5) is 5.95 Å². The van der Waals surface area contributed by atoms with Crippen LogP contribution >= 0.6 is 11.6 Å². The van der Waals surface area contributed by atoms with Crippen molar-refractivity contribution in [1.29, 1.82) is 0 Å². The van der Waals surface area contributed by atoms with Gasteiger partial charge in [0.2, 0.25) is 11.9 Å². The molecule has 4 heterocycles. The number of hydrogen-bond donors (Lipinski definition) is 0. The molecule has 7 nitrogen and oxygen atoms in total. The Kier molecular flexibility index (Phi) is 3.97. The van der Waals surface area contributed by atoms with E-state index < -0.39 is 0 Å². The van der Waals surface area contributed by atoms with Gasteiger partial charge in [0.25, 0.3) is 0 Å². The van der Waals surface area contributed by atoms with Gasteiger partial charge in [0.15, 0.2) is 5.82 Å². The molecule has 1 amide bonds. The highest BCUT2D eigenvalue weighted by molar-refractivity contribution is 6.30. The molecule has 0 bridgehead atoms. The van der Waals surface area contributed by atoms with Crippen LogP contribution in [0.2, 0.25) is 5.02 Å². The van der Waals surface area contributed by atoms with Crippen molar-refractivity contribution < 1.29 is 4.79 Å². The standard InChI is InChI=1S/C20H25ClN6O/c1-13(2)18(28)25-9-20(10-25)11-26(12-20)19-23-22-17-8-24(3)7-14-6-15(21)4-5-16(14)27(17)19/h4-6,13H,7-12H2,1-3H3. The number of nitrogens with zero attached hydrogens (tertiary/aromatic N) is 6. The van der Waals surface area contributed by atoms with Crippen LogP contribution < -0.4 is 4.90 Å². The molecule has 28 heavy (non-hydrogen) atoms. The van der Waals surface area contributed by atoms with Gasteiger partial charge < -0.3 is 9.80 Å². The molecule has 2 aromatic rings. The highest BCUT2D eigenvalue weighted by Gasteiger charge is 2.54. The number of amides is 1. The molecule has 148 valence electrons. The van der Waals surface area contributed by atoms with Crippen molar-refractivity contribution in [1.82, 2.24) is 24.6 Å². The third-order valence-corrected chi connectivity index (χ3v) is 6.28. The number of halogens is 1. The largest absolute Gasteiger partial charge is 0.341 e. The van der Waals surface area contributed by atoms with Crippen LogP contribution in [0.1, 0.15) is 25.2 Å². The summed E-state index contributed by atoms with van der Waals surface area (Å²) in [4.78, 5) is 18.7. The van der Waals surface area contributed by atoms with Gasteiger partial charge in [-0.1, -0.05) is 25.4 Å². The summed E-state index contributed by atoms with van der Waals surface area (Å²) in [5, 5.41) is 9.75. The Morgan fingerprint density at radius 3 is 2.61 bits per heavy atom. The van der Waals surface area contributed by atoms with Crippen LogP contribution in [0.3, 0.4) is 0 Å². The molecule has 1 spiro atoms. The summed E-state index contributed by atoms with van der Waals surface area (Å²) in [6.07, 6.45) is 0. The maximum Gasteiger partial charge on any atom is 0.231 e. The molecule has 0 saturated carbocycles. The number of carbonyl (C=O) groups is 1. The lowest BCUT2D eigenvalue weighted by Gasteiger charge is -2.60. The molecular formula is C20H25ClN6O. The van der Waals surface area contributed by atoms with Crippen LogP contribution in [-0.4, -0.2) is 63.7 Å². The minimum Gasteiger partial charge on any atom is -0.341 e. The highest BCUT2D eigenvalue weighted by atomic mass is 35.5. The van der Waals surface area contributed by atoms with Crippen LogP contribution in [-0.2, 0) is 17.9 Å². The number of fused-ring (bicyclic) bond motifs is 3. The molecule has 1 aromatic heterocycles. The van der Waals surface area contributed by atoms with Crippen LogP contribution in [0.25, 0.3) is 5.69 Å². The molecule has 5 rings (SSSR count). The molecule has 1 aromatic carbocycles. The average molecular weight is 401 g/mol. The Hall–Kier alpha value is -2.12. The molecular weight excluding hydrogens is 376 g/mol. The number of hydrogen-bond acceptors (Lipinski definition) is 5. The predicted molar refractivity (Wildman–Crippen MR) is 108 cm³/mol. The Morgan fingerprint density at radius 2 is 1.89 bits per heavy atom. The van der Waals surface area contributed by atoms with Gasteiger partial charge in [-0.3, -0.25) is 14.3 Å². The highest BCUT2D eigenvalue weighted by Crippen LogP contribution is 2.43. The topological polar surface area (TPSA) is 57.5 Å². The number of rotatable bonds is 2. The normalized spacial score (nSPS) is 20.5. The van der Waals surface area contributed by atoms with Gasteiger partial charge in [0.05, 0.1) is 12.2 Å². The summed E-state index contributed by atoms with van der Waals surface area (Å²) in [6, 6.07) is 6.03. The molecule has 0 N–H and O–H groups in total. The molecule has 2 saturated heterocycles. The quantitative estimate of drug-likeness (QED) is 0.773. The fourth-order valence-corrected chi connectivity index (χ4v) is 4.93. The number of carbonyl (C=O) groups excluding carboxylic acids is 1. The van der Waals surface area contributed by atoms with E-state index in [-0.39, 0.29) is 17.2 Å². The minimum absolute atomic E-state index is 0.0705. The van der Waals surface area contributed by atoms with E-state index >= 15 is 0 Å². The zero-order valence-corrected chi connectivity index (χ0v) is 17.3. The van der Waals surface area contributed by atoms with Gasteiger partial charge in [-0.05, 0) is 30.8 Å². The second kappa shape index (κ2) is 6.19. The van der Waals surface area contributed by atoms with Crippen molar-refractivity contribution in [2.45, 2.75) is 26.9 Å². The number of benzene rings is 1. The van der Waals surface area contributed by atoms with E-state index in [2.05, 4.69) is 37.7 Å². The van der Waals surface area contributed by atoms with E-state index in [0.29, 0.717) is 0 Å². The first kappa shape index (κ1) is 17.9. The first-order valence-corrected chi connectivity index (χ1v) is 10.2. The van der Waals surface area contributed by atoms with Gasteiger partial charge >= 0.3 is 0 Å². The van der Waals surface area contributed by atoms with E-state index in [4.69, 9.17) is 11.6 Å². The second-order valence-electron chi connectivity index (χ2n) is 8.90. The van der Waals surface area contributed by atoms with Crippen molar-refractivity contribution >= 4 is 23.5 Å². The molecule has 0 atom stereocenters. The van der Waals surface area contributed by atoms with E-state index in [0.717, 1.165) is 61.8 Å². The summed E-state index contributed by atoms with van der Waals surface area (Å²) >= 11 is 6.24. The van der Waals surface area contributed by atoms with Crippen molar-refractivity contribution in [2.24, 2.45) is 11.3 Å². The monoisotopic (exact) mass is 400 g/mol. The molecule has 3 aliphatic rings.